The number of carbonyl (C=O) groups excluding carboxylic acids is 1. The van der Waals surface area contributed by atoms with Gasteiger partial charge in [-0.3, -0.25) is 4.79 Å². The lowest BCUT2D eigenvalue weighted by Crippen LogP contribution is -2.34. The minimum atomic E-state index is 0. The number of benzene rings is 1. The number of nitrogens with one attached hydrogen (secondary N) is 1. The Labute approximate surface area is 163 Å². The van der Waals surface area contributed by atoms with Gasteiger partial charge in [0, 0.05) is 19.0 Å². The van der Waals surface area contributed by atoms with Gasteiger partial charge in [0.2, 0.25) is 5.91 Å². The Hall–Kier alpha value is -1.01. The third kappa shape index (κ3) is 7.82. The summed E-state index contributed by atoms with van der Waals surface area (Å²) in [5.41, 5.74) is 6.82. The predicted molar refractivity (Wildman–Crippen MR) is 107 cm³/mol. The lowest BCUT2D eigenvalue weighted by molar-refractivity contribution is -0.126. The Bertz CT molecular complexity index is 515. The number of rotatable bonds is 8. The third-order valence-corrected chi connectivity index (χ3v) is 4.47. The highest BCUT2D eigenvalue weighted by molar-refractivity contribution is 5.85. The quantitative estimate of drug-likeness (QED) is 0.713. The number of hydrogen-bond donors (Lipinski definition) is 2. The SMILES string of the molecule is CN(C)CCOc1cccc(CNC(=O)[C@@H]2CCC[C@@H]2CN)c1.Cl.Cl. The van der Waals surface area contributed by atoms with Crippen molar-refractivity contribution in [2.75, 3.05) is 33.8 Å². The smallest absolute Gasteiger partial charge is 0.223 e. The first-order chi connectivity index (χ1) is 11.1. The summed E-state index contributed by atoms with van der Waals surface area (Å²) >= 11 is 0. The number of nitrogens with two attached hydrogens (primary N) is 1. The molecule has 0 unspecified atom stereocenters. The predicted octanol–water partition coefficient (Wildman–Crippen LogP) is 2.46. The molecule has 2 atom stereocenters. The van der Waals surface area contributed by atoms with Gasteiger partial charge in [0.1, 0.15) is 12.4 Å². The van der Waals surface area contributed by atoms with Crippen molar-refractivity contribution in [1.82, 2.24) is 10.2 Å². The molecule has 1 fully saturated rings. The van der Waals surface area contributed by atoms with E-state index >= 15 is 0 Å². The van der Waals surface area contributed by atoms with Crippen LogP contribution in [-0.2, 0) is 11.3 Å². The number of amides is 1. The molecule has 0 aliphatic heterocycles. The second-order valence-corrected chi connectivity index (χ2v) is 6.55. The first-order valence-corrected chi connectivity index (χ1v) is 8.44. The molecule has 144 valence electrons. The molecule has 5 nitrogen and oxygen atoms in total. The number of halogens is 2. The number of likely N-dealkylation sites (N-methyl/N-ethyl adjacent to an activating group) is 1. The van der Waals surface area contributed by atoms with Gasteiger partial charge in [-0.15, -0.1) is 24.8 Å². The van der Waals surface area contributed by atoms with Crippen LogP contribution < -0.4 is 15.8 Å². The molecular formula is C18H31Cl2N3O2. The van der Waals surface area contributed by atoms with Crippen molar-refractivity contribution in [3.63, 3.8) is 0 Å². The van der Waals surface area contributed by atoms with Crippen molar-refractivity contribution in [3.05, 3.63) is 29.8 Å². The van der Waals surface area contributed by atoms with Crippen LogP contribution >= 0.6 is 24.8 Å². The Balaban J connectivity index is 0.00000288. The van der Waals surface area contributed by atoms with Crippen LogP contribution in [0.3, 0.4) is 0 Å². The van der Waals surface area contributed by atoms with E-state index < -0.39 is 0 Å². The summed E-state index contributed by atoms with van der Waals surface area (Å²) in [7, 11) is 4.04. The Kier molecular flexibility index (Phi) is 11.9. The lowest BCUT2D eigenvalue weighted by atomic mass is 9.95. The largest absolute Gasteiger partial charge is 0.492 e. The van der Waals surface area contributed by atoms with Crippen LogP contribution in [0.5, 0.6) is 5.75 Å². The molecular weight excluding hydrogens is 361 g/mol. The molecule has 0 radical (unpaired) electrons. The molecule has 1 aromatic rings. The summed E-state index contributed by atoms with van der Waals surface area (Å²) < 4.78 is 5.73. The van der Waals surface area contributed by atoms with Crippen LogP contribution in [0.15, 0.2) is 24.3 Å². The van der Waals surface area contributed by atoms with E-state index in [0.29, 0.717) is 25.6 Å². The van der Waals surface area contributed by atoms with E-state index in [0.717, 1.165) is 37.1 Å². The van der Waals surface area contributed by atoms with Crippen molar-refractivity contribution < 1.29 is 9.53 Å². The summed E-state index contributed by atoms with van der Waals surface area (Å²) in [5.74, 6) is 1.41. The first kappa shape index (κ1) is 24.0. The molecule has 1 aromatic carbocycles. The van der Waals surface area contributed by atoms with Gasteiger partial charge in [-0.25, -0.2) is 0 Å². The van der Waals surface area contributed by atoms with Gasteiger partial charge in [-0.05, 0) is 57.1 Å². The van der Waals surface area contributed by atoms with Crippen LogP contribution in [0.25, 0.3) is 0 Å². The zero-order valence-electron chi connectivity index (χ0n) is 15.1. The number of carbonyl (C=O) groups is 1. The monoisotopic (exact) mass is 391 g/mol. The number of nitrogens with zero attached hydrogens (tertiary/aromatic N) is 1. The first-order valence-electron chi connectivity index (χ1n) is 8.44. The molecule has 1 amide bonds. The average Bonchev–Trinajstić information content (AvgIpc) is 3.01. The third-order valence-electron chi connectivity index (χ3n) is 4.47. The molecule has 0 bridgehead atoms. The van der Waals surface area contributed by atoms with E-state index in [2.05, 4.69) is 10.2 Å². The molecule has 1 aliphatic carbocycles. The Morgan fingerprint density at radius 1 is 1.32 bits per heavy atom. The van der Waals surface area contributed by atoms with Crippen molar-refractivity contribution in [3.8, 4) is 5.75 Å². The normalized spacial score (nSPS) is 19.0. The molecule has 0 heterocycles. The molecule has 0 spiro atoms. The lowest BCUT2D eigenvalue weighted by Gasteiger charge is -2.17. The Morgan fingerprint density at radius 3 is 2.76 bits per heavy atom. The Morgan fingerprint density at radius 2 is 2.08 bits per heavy atom. The minimum absolute atomic E-state index is 0. The van der Waals surface area contributed by atoms with Crippen molar-refractivity contribution in [2.24, 2.45) is 17.6 Å². The van der Waals surface area contributed by atoms with Crippen LogP contribution in [0, 0.1) is 11.8 Å². The highest BCUT2D eigenvalue weighted by Crippen LogP contribution is 2.31. The van der Waals surface area contributed by atoms with Crippen LogP contribution in [0.1, 0.15) is 24.8 Å². The summed E-state index contributed by atoms with van der Waals surface area (Å²) in [6, 6.07) is 7.91. The number of ether oxygens (including phenoxy) is 1. The van der Waals surface area contributed by atoms with Gasteiger partial charge < -0.3 is 20.7 Å². The van der Waals surface area contributed by atoms with E-state index in [1.807, 2.05) is 38.4 Å². The van der Waals surface area contributed by atoms with Crippen molar-refractivity contribution in [2.45, 2.75) is 25.8 Å². The van der Waals surface area contributed by atoms with Crippen LogP contribution in [0.2, 0.25) is 0 Å². The van der Waals surface area contributed by atoms with Gasteiger partial charge in [-0.2, -0.15) is 0 Å². The van der Waals surface area contributed by atoms with Gasteiger partial charge in [-0.1, -0.05) is 18.6 Å². The summed E-state index contributed by atoms with van der Waals surface area (Å²) in [6.45, 7) is 2.68. The van der Waals surface area contributed by atoms with E-state index in [1.165, 1.54) is 0 Å². The summed E-state index contributed by atoms with van der Waals surface area (Å²) in [5, 5.41) is 3.05. The maximum Gasteiger partial charge on any atom is 0.223 e. The molecule has 7 heteroatoms. The van der Waals surface area contributed by atoms with E-state index in [9.17, 15) is 4.79 Å². The molecule has 25 heavy (non-hydrogen) atoms. The standard InChI is InChI=1S/C18H29N3O2.2ClH/c1-21(2)9-10-23-16-7-3-5-14(11-16)13-20-18(22)17-8-4-6-15(17)12-19;;/h3,5,7,11,15,17H,4,6,8-10,12-13,19H2,1-2H3,(H,20,22);2*1H/t15-,17-;;/m1../s1. The topological polar surface area (TPSA) is 67.6 Å². The molecule has 3 N–H and O–H groups in total. The molecule has 1 aliphatic rings. The highest BCUT2D eigenvalue weighted by atomic mass is 35.5. The molecule has 1 saturated carbocycles. The van der Waals surface area contributed by atoms with Gasteiger partial charge >= 0.3 is 0 Å². The highest BCUT2D eigenvalue weighted by Gasteiger charge is 2.31. The van der Waals surface area contributed by atoms with E-state index in [1.54, 1.807) is 0 Å². The zero-order valence-corrected chi connectivity index (χ0v) is 16.7. The molecule has 0 saturated heterocycles. The maximum absolute atomic E-state index is 12.3. The summed E-state index contributed by atoms with van der Waals surface area (Å²) in [4.78, 5) is 14.4. The van der Waals surface area contributed by atoms with Crippen molar-refractivity contribution in [1.29, 1.82) is 0 Å². The van der Waals surface area contributed by atoms with Gasteiger partial charge in [0.15, 0.2) is 0 Å². The average molecular weight is 392 g/mol. The molecule has 2 rings (SSSR count). The van der Waals surface area contributed by atoms with Crippen LogP contribution in [0.4, 0.5) is 0 Å². The summed E-state index contributed by atoms with van der Waals surface area (Å²) in [6.07, 6.45) is 3.14. The van der Waals surface area contributed by atoms with Crippen molar-refractivity contribution >= 4 is 30.7 Å². The van der Waals surface area contributed by atoms with Crippen LogP contribution in [-0.4, -0.2) is 44.6 Å². The minimum Gasteiger partial charge on any atom is -0.492 e. The zero-order chi connectivity index (χ0) is 16.7. The maximum atomic E-state index is 12.3. The number of hydrogen-bond acceptors (Lipinski definition) is 4. The van der Waals surface area contributed by atoms with Gasteiger partial charge in [0.25, 0.3) is 0 Å². The molecule has 0 aromatic heterocycles. The second-order valence-electron chi connectivity index (χ2n) is 6.55. The fourth-order valence-electron chi connectivity index (χ4n) is 3.08. The van der Waals surface area contributed by atoms with E-state index in [4.69, 9.17) is 10.5 Å². The van der Waals surface area contributed by atoms with Gasteiger partial charge in [0.05, 0.1) is 0 Å². The van der Waals surface area contributed by atoms with E-state index in [-0.39, 0.29) is 36.6 Å². The second kappa shape index (κ2) is 12.4. The fraction of sp³-hybridized carbons (Fsp3) is 0.611. The fourth-order valence-corrected chi connectivity index (χ4v) is 3.08.